The molecule has 1 aliphatic heterocycles. The van der Waals surface area contributed by atoms with Gasteiger partial charge in [-0.15, -0.1) is 0 Å². The number of fused-ring (bicyclic) bond motifs is 1. The van der Waals surface area contributed by atoms with Gasteiger partial charge in [0.05, 0.1) is 12.5 Å². The van der Waals surface area contributed by atoms with Crippen LogP contribution in [0.15, 0.2) is 41.1 Å². The van der Waals surface area contributed by atoms with Crippen LogP contribution in [0.3, 0.4) is 0 Å². The molecule has 26 heavy (non-hydrogen) atoms. The van der Waals surface area contributed by atoms with E-state index in [1.165, 1.54) is 0 Å². The van der Waals surface area contributed by atoms with E-state index in [1.807, 2.05) is 37.3 Å². The number of Topliss-reactive ketones (excluding diaryl/α,β-unsaturated/α-hetero) is 1. The summed E-state index contributed by atoms with van der Waals surface area (Å²) < 4.78 is 6.60. The van der Waals surface area contributed by atoms with Crippen molar-refractivity contribution in [3.63, 3.8) is 0 Å². The van der Waals surface area contributed by atoms with Crippen LogP contribution in [0.5, 0.6) is 5.75 Å². The Hall–Kier alpha value is -1.65. The molecule has 0 fully saturated rings. The summed E-state index contributed by atoms with van der Waals surface area (Å²) in [6.07, 6.45) is 6.23. The van der Waals surface area contributed by atoms with E-state index in [-0.39, 0.29) is 11.7 Å². The van der Waals surface area contributed by atoms with Gasteiger partial charge in [0.1, 0.15) is 10.4 Å². The third-order valence-corrected chi connectivity index (χ3v) is 5.29. The number of hydrogen-bond acceptors (Lipinski definition) is 3. The molecule has 0 bridgehead atoms. The Bertz CT molecular complexity index is 863. The molecule has 1 aromatic carbocycles. The average Bonchev–Trinajstić information content (AvgIpc) is 2.63. The van der Waals surface area contributed by atoms with Gasteiger partial charge in [-0.2, -0.15) is 0 Å². The fourth-order valence-electron chi connectivity index (χ4n) is 3.37. The predicted molar refractivity (Wildman–Crippen MR) is 109 cm³/mol. The summed E-state index contributed by atoms with van der Waals surface area (Å²) in [6, 6.07) is 7.56. The number of pyridine rings is 1. The molecule has 0 saturated heterocycles. The van der Waals surface area contributed by atoms with Crippen LogP contribution < -0.4 is 4.74 Å². The molecule has 1 aliphatic rings. The average molecular weight is 435 g/mol. The molecular formula is C21H21BrClNO2. The highest BCUT2D eigenvalue weighted by Crippen LogP contribution is 2.33. The maximum Gasteiger partial charge on any atom is 0.170 e. The zero-order chi connectivity index (χ0) is 18.7. The molecule has 0 aliphatic carbocycles. The number of hydrogen-bond donors (Lipinski definition) is 0. The van der Waals surface area contributed by atoms with Gasteiger partial charge in [-0.25, -0.2) is 4.98 Å². The van der Waals surface area contributed by atoms with E-state index in [9.17, 15) is 4.79 Å². The third kappa shape index (κ3) is 4.02. The van der Waals surface area contributed by atoms with Crippen molar-refractivity contribution in [2.24, 2.45) is 5.92 Å². The maximum atomic E-state index is 13.2. The lowest BCUT2D eigenvalue weighted by molar-refractivity contribution is -0.118. The molecule has 0 amide bonds. The first-order chi connectivity index (χ1) is 12.5. The molecule has 0 spiro atoms. The van der Waals surface area contributed by atoms with Crippen molar-refractivity contribution in [3.05, 3.63) is 62.9 Å². The Balaban J connectivity index is 1.89. The second kappa shape index (κ2) is 8.36. The van der Waals surface area contributed by atoms with Gasteiger partial charge >= 0.3 is 0 Å². The van der Waals surface area contributed by atoms with E-state index in [4.69, 9.17) is 16.3 Å². The molecule has 136 valence electrons. The third-order valence-electron chi connectivity index (χ3n) is 4.62. The summed E-state index contributed by atoms with van der Waals surface area (Å²) >= 11 is 9.52. The van der Waals surface area contributed by atoms with Crippen LogP contribution in [-0.4, -0.2) is 17.4 Å². The summed E-state index contributed by atoms with van der Waals surface area (Å²) in [4.78, 5) is 17.6. The Morgan fingerprint density at radius 1 is 1.42 bits per heavy atom. The lowest BCUT2D eigenvalue weighted by atomic mass is 9.86. The van der Waals surface area contributed by atoms with Crippen molar-refractivity contribution in [2.45, 2.75) is 33.1 Å². The lowest BCUT2D eigenvalue weighted by Crippen LogP contribution is -2.29. The molecule has 0 N–H and O–H groups in total. The molecule has 1 atom stereocenters. The zero-order valence-corrected chi connectivity index (χ0v) is 17.2. The van der Waals surface area contributed by atoms with Gasteiger partial charge in [0.15, 0.2) is 5.78 Å². The van der Waals surface area contributed by atoms with Crippen molar-refractivity contribution in [2.75, 3.05) is 6.61 Å². The smallest absolute Gasteiger partial charge is 0.170 e. The van der Waals surface area contributed by atoms with Crippen LogP contribution in [0, 0.1) is 5.92 Å². The van der Waals surface area contributed by atoms with Gasteiger partial charge in [-0.05, 0) is 71.1 Å². The first kappa shape index (κ1) is 19.1. The molecule has 3 nitrogen and oxygen atoms in total. The van der Waals surface area contributed by atoms with Gasteiger partial charge in [-0.3, -0.25) is 4.79 Å². The standard InChI is InChI=1S/C21H21BrClNO2/c1-3-5-13-10-20(22)24-11-18(13)17(4-2)21(25)15-8-14-9-16(23)6-7-19(14)26-12-15/h4,6-7,9-11,15H,3,5,8,12H2,1-2H3/b17-4+. The highest BCUT2D eigenvalue weighted by molar-refractivity contribution is 9.10. The number of halogens is 2. The molecule has 5 heteroatoms. The minimum Gasteiger partial charge on any atom is -0.493 e. The van der Waals surface area contributed by atoms with Crippen LogP contribution in [0.4, 0.5) is 0 Å². The Morgan fingerprint density at radius 2 is 2.23 bits per heavy atom. The number of nitrogens with zero attached hydrogens (tertiary/aromatic N) is 1. The highest BCUT2D eigenvalue weighted by Gasteiger charge is 2.29. The monoisotopic (exact) mass is 433 g/mol. The molecule has 0 saturated carbocycles. The van der Waals surface area contributed by atoms with Gasteiger partial charge in [0.2, 0.25) is 0 Å². The number of benzene rings is 1. The molecule has 1 aromatic heterocycles. The quantitative estimate of drug-likeness (QED) is 0.449. The number of allylic oxidation sites excluding steroid dienone is 2. The fourth-order valence-corrected chi connectivity index (χ4v) is 3.94. The minimum absolute atomic E-state index is 0.0969. The van der Waals surface area contributed by atoms with Crippen molar-refractivity contribution in [1.82, 2.24) is 4.98 Å². The summed E-state index contributed by atoms with van der Waals surface area (Å²) in [5, 5.41) is 0.661. The van der Waals surface area contributed by atoms with Gasteiger partial charge in [0.25, 0.3) is 0 Å². The van der Waals surface area contributed by atoms with Gasteiger partial charge < -0.3 is 4.74 Å². The number of aromatic nitrogens is 1. The highest BCUT2D eigenvalue weighted by atomic mass is 79.9. The number of rotatable bonds is 5. The molecule has 3 rings (SSSR count). The molecule has 0 radical (unpaired) electrons. The Kier molecular flexibility index (Phi) is 6.15. The number of carbonyl (C=O) groups excluding carboxylic acids is 1. The molecule has 2 aromatic rings. The number of aryl methyl sites for hydroxylation is 1. The van der Waals surface area contributed by atoms with Crippen molar-refractivity contribution >= 4 is 38.9 Å². The van der Waals surface area contributed by atoms with E-state index < -0.39 is 0 Å². The topological polar surface area (TPSA) is 39.2 Å². The summed E-state index contributed by atoms with van der Waals surface area (Å²) in [6.45, 7) is 4.42. The van der Waals surface area contributed by atoms with E-state index in [0.29, 0.717) is 23.6 Å². The SMILES string of the molecule is C/C=C(/C(=O)C1COc2ccc(Cl)cc2C1)c1cnc(Br)cc1CCC. The van der Waals surface area contributed by atoms with Crippen molar-refractivity contribution < 1.29 is 9.53 Å². The van der Waals surface area contributed by atoms with E-state index in [2.05, 4.69) is 27.8 Å². The van der Waals surface area contributed by atoms with Gasteiger partial charge in [-0.1, -0.05) is 31.0 Å². The van der Waals surface area contributed by atoms with Crippen LogP contribution in [0.25, 0.3) is 5.57 Å². The van der Waals surface area contributed by atoms with E-state index in [0.717, 1.165) is 39.9 Å². The zero-order valence-electron chi connectivity index (χ0n) is 14.9. The normalized spacial score (nSPS) is 16.8. The van der Waals surface area contributed by atoms with Gasteiger partial charge in [0, 0.05) is 22.4 Å². The second-order valence-electron chi connectivity index (χ2n) is 6.44. The molecule has 2 heterocycles. The molecular weight excluding hydrogens is 414 g/mol. The van der Waals surface area contributed by atoms with E-state index in [1.54, 1.807) is 6.20 Å². The molecule has 1 unspecified atom stereocenters. The van der Waals surface area contributed by atoms with Crippen molar-refractivity contribution in [1.29, 1.82) is 0 Å². The summed E-state index contributed by atoms with van der Waals surface area (Å²) in [5.41, 5.74) is 3.75. The Morgan fingerprint density at radius 3 is 2.96 bits per heavy atom. The number of carbonyl (C=O) groups is 1. The first-order valence-electron chi connectivity index (χ1n) is 8.80. The number of ether oxygens (including phenoxy) is 1. The van der Waals surface area contributed by atoms with Crippen LogP contribution >= 0.6 is 27.5 Å². The largest absolute Gasteiger partial charge is 0.493 e. The maximum absolute atomic E-state index is 13.2. The van der Waals surface area contributed by atoms with Crippen LogP contribution in [0.1, 0.15) is 37.0 Å². The van der Waals surface area contributed by atoms with Crippen LogP contribution in [-0.2, 0) is 17.6 Å². The Labute approximate surface area is 167 Å². The van der Waals surface area contributed by atoms with Crippen molar-refractivity contribution in [3.8, 4) is 5.75 Å². The first-order valence-corrected chi connectivity index (χ1v) is 9.97. The summed E-state index contributed by atoms with van der Waals surface area (Å²) in [5.74, 6) is 0.697. The van der Waals surface area contributed by atoms with Crippen LogP contribution in [0.2, 0.25) is 5.02 Å². The second-order valence-corrected chi connectivity index (χ2v) is 7.69. The minimum atomic E-state index is -0.217. The number of ketones is 1. The summed E-state index contributed by atoms with van der Waals surface area (Å²) in [7, 11) is 0. The van der Waals surface area contributed by atoms with E-state index >= 15 is 0 Å². The predicted octanol–water partition coefficient (Wildman–Crippen LogP) is 5.67. The fraction of sp³-hybridized carbons (Fsp3) is 0.333. The lowest BCUT2D eigenvalue weighted by Gasteiger charge is -2.25.